The van der Waals surface area contributed by atoms with Crippen molar-refractivity contribution >= 4 is 5.97 Å². The first kappa shape index (κ1) is 32.7. The second kappa shape index (κ2) is 9.63. The highest BCUT2D eigenvalue weighted by atomic mass is 16.8. The van der Waals surface area contributed by atoms with Crippen LogP contribution >= 0.6 is 0 Å². The molecule has 4 N–H and O–H groups in total. The van der Waals surface area contributed by atoms with Gasteiger partial charge in [0.2, 0.25) is 5.79 Å². The van der Waals surface area contributed by atoms with Crippen molar-refractivity contribution in [3.63, 3.8) is 0 Å². The lowest BCUT2D eigenvalue weighted by Crippen LogP contribution is -2.61. The van der Waals surface area contributed by atoms with Gasteiger partial charge in [0, 0.05) is 29.6 Å². The number of hydrogen-bond acceptors (Lipinski definition) is 11. The van der Waals surface area contributed by atoms with Gasteiger partial charge >= 0.3 is 5.97 Å². The monoisotopic (exact) mass is 674 g/mol. The summed E-state index contributed by atoms with van der Waals surface area (Å²) in [5.74, 6) is -0.600. The van der Waals surface area contributed by atoms with Gasteiger partial charge in [0.15, 0.2) is 12.6 Å². The lowest BCUT2D eigenvalue weighted by atomic mass is 9.44. The Morgan fingerprint density at radius 2 is 1.71 bits per heavy atom. The molecule has 0 aromatic heterocycles. The number of carbonyl (C=O) groups is 1. The Morgan fingerprint density at radius 1 is 0.958 bits per heavy atom. The number of epoxide rings is 1. The minimum atomic E-state index is -1.32. The zero-order valence-electron chi connectivity index (χ0n) is 29.3. The van der Waals surface area contributed by atoms with E-state index in [0.29, 0.717) is 12.3 Å². The maximum absolute atomic E-state index is 12.9. The van der Waals surface area contributed by atoms with Crippen molar-refractivity contribution in [2.45, 2.75) is 160 Å². The molecule has 11 heteroatoms. The van der Waals surface area contributed by atoms with Crippen LogP contribution in [0.5, 0.6) is 0 Å². The highest BCUT2D eigenvalue weighted by molar-refractivity contribution is 5.66. The Kier molecular flexibility index (Phi) is 6.57. The fourth-order valence-electron chi connectivity index (χ4n) is 13.8. The van der Waals surface area contributed by atoms with Gasteiger partial charge in [-0.05, 0) is 74.0 Å². The van der Waals surface area contributed by atoms with Gasteiger partial charge < -0.3 is 48.8 Å². The molecule has 4 aliphatic heterocycles. The molecule has 9 aliphatic rings. The number of allylic oxidation sites excluding steroid dienone is 2. The topological polar surface area (TPSA) is 157 Å². The molecule has 0 aromatic rings. The molecule has 0 amide bonds. The summed E-state index contributed by atoms with van der Waals surface area (Å²) in [5.41, 5.74) is -0.191. The number of aliphatic hydroxyl groups excluding tert-OH is 4. The predicted octanol–water partition coefficient (Wildman–Crippen LogP) is 2.95. The quantitative estimate of drug-likeness (QED) is 0.198. The molecular weight excluding hydrogens is 620 g/mol. The van der Waals surface area contributed by atoms with Crippen molar-refractivity contribution in [3.05, 3.63) is 11.6 Å². The number of esters is 1. The first-order valence-corrected chi connectivity index (χ1v) is 18.3. The van der Waals surface area contributed by atoms with E-state index in [4.69, 9.17) is 28.4 Å². The van der Waals surface area contributed by atoms with Gasteiger partial charge in [-0.25, -0.2) is 0 Å². The summed E-state index contributed by atoms with van der Waals surface area (Å²) in [6.45, 7) is 14.9. The number of rotatable bonds is 3. The highest BCUT2D eigenvalue weighted by Crippen LogP contribution is 2.88. The van der Waals surface area contributed by atoms with Gasteiger partial charge in [0.05, 0.1) is 18.8 Å². The van der Waals surface area contributed by atoms with Gasteiger partial charge in [-0.15, -0.1) is 0 Å². The molecular formula is C37H54O11. The molecule has 4 saturated carbocycles. The largest absolute Gasteiger partial charge is 0.462 e. The van der Waals surface area contributed by atoms with Gasteiger partial charge in [0.1, 0.15) is 36.1 Å². The van der Waals surface area contributed by atoms with E-state index in [0.717, 1.165) is 38.5 Å². The summed E-state index contributed by atoms with van der Waals surface area (Å²) in [6.07, 6.45) is 1.68. The molecule has 4 heterocycles. The average molecular weight is 675 g/mol. The smallest absolute Gasteiger partial charge is 0.302 e. The van der Waals surface area contributed by atoms with Gasteiger partial charge in [-0.1, -0.05) is 46.3 Å². The molecule has 11 nitrogen and oxygen atoms in total. The second-order valence-corrected chi connectivity index (χ2v) is 18.5. The van der Waals surface area contributed by atoms with Crippen LogP contribution in [0, 0.1) is 44.8 Å². The van der Waals surface area contributed by atoms with Crippen LogP contribution in [0.3, 0.4) is 0 Å². The minimum absolute atomic E-state index is 0.0364. The first-order chi connectivity index (χ1) is 22.4. The van der Waals surface area contributed by atoms with Gasteiger partial charge in [-0.3, -0.25) is 4.79 Å². The van der Waals surface area contributed by atoms with E-state index in [1.54, 1.807) is 0 Å². The van der Waals surface area contributed by atoms with Crippen molar-refractivity contribution in [1.82, 2.24) is 0 Å². The average Bonchev–Trinajstić information content (AvgIpc) is 3.84. The van der Waals surface area contributed by atoms with Crippen molar-refractivity contribution in [3.8, 4) is 0 Å². The second-order valence-electron chi connectivity index (χ2n) is 18.5. The number of fused-ring (bicyclic) bond motifs is 6. The third kappa shape index (κ3) is 3.69. The molecule has 0 unspecified atom stereocenters. The van der Waals surface area contributed by atoms with Crippen molar-refractivity contribution in [2.75, 3.05) is 6.61 Å². The fourth-order valence-corrected chi connectivity index (χ4v) is 13.8. The Bertz CT molecular complexity index is 1450. The van der Waals surface area contributed by atoms with Crippen molar-refractivity contribution < 1.29 is 53.6 Å². The van der Waals surface area contributed by atoms with Crippen LogP contribution in [0.2, 0.25) is 0 Å². The molecule has 9 rings (SSSR count). The summed E-state index contributed by atoms with van der Waals surface area (Å²) in [6, 6.07) is 0. The summed E-state index contributed by atoms with van der Waals surface area (Å²) < 4.78 is 37.8. The standard InChI is InChI=1S/C37H54O11/c1-17-12-37(29-34(7,47-29)30(42)48-37)46-20-13-32(5)22-9-8-21-31(3,4)23(45-28-27(41)26(40)19(39)15-43-28)10-11-35(21)16-36(22,35)14-24(44-18(2)38)33(32,6)25(17)20/h9,17,19-21,23-30,39-42H,8,10-16H2,1-7H3/t17-,19-,20+,21+,23+,24-,25+,26+,27-,28+,29-,30+,32+,33-,34-,35-,36+,37-/m1/s1. The number of aliphatic hydroxyl groups is 4. The third-order valence-corrected chi connectivity index (χ3v) is 16.1. The van der Waals surface area contributed by atoms with Crippen LogP contribution in [-0.2, 0) is 33.2 Å². The highest BCUT2D eigenvalue weighted by Gasteiger charge is 2.85. The Labute approximate surface area is 282 Å². The van der Waals surface area contributed by atoms with Gasteiger partial charge in [0.25, 0.3) is 0 Å². The molecule has 0 bridgehead atoms. The van der Waals surface area contributed by atoms with Crippen molar-refractivity contribution in [1.29, 1.82) is 0 Å². The van der Waals surface area contributed by atoms with Crippen LogP contribution in [0.1, 0.15) is 93.4 Å². The van der Waals surface area contributed by atoms with E-state index in [9.17, 15) is 25.2 Å². The predicted molar refractivity (Wildman–Crippen MR) is 168 cm³/mol. The molecule has 268 valence electrons. The van der Waals surface area contributed by atoms with Crippen LogP contribution in [0.4, 0.5) is 0 Å². The molecule has 18 atom stereocenters. The maximum Gasteiger partial charge on any atom is 0.302 e. The molecule has 0 aromatic carbocycles. The lowest BCUT2D eigenvalue weighted by molar-refractivity contribution is -0.345. The normalized spacial score (nSPS) is 61.6. The van der Waals surface area contributed by atoms with Crippen LogP contribution in [-0.4, -0.2) is 99.7 Å². The number of carbonyl (C=O) groups excluding carboxylic acids is 1. The lowest BCUT2D eigenvalue weighted by Gasteiger charge is -2.62. The van der Waals surface area contributed by atoms with Crippen LogP contribution < -0.4 is 0 Å². The number of ether oxygens (including phenoxy) is 6. The molecule has 3 spiro atoms. The maximum atomic E-state index is 12.9. The van der Waals surface area contributed by atoms with E-state index in [-0.39, 0.29) is 75.9 Å². The SMILES string of the molecule is CC(=O)O[C@@H]1C[C@@]23C[C@@]24CC[C@H](O[C@@H]2OC[C@@H](O)[C@H](O)[C@H]2O)C(C)(C)[C@@H]4CC=C3[C@]2(C)C[C@@H]3O[C@]4(C[C@@H](C)[C@@H]3[C@@]12C)O[C@H](O)[C@]1(C)O[C@@H]41. The van der Waals surface area contributed by atoms with E-state index in [2.05, 4.69) is 40.7 Å². The number of hydrogen-bond donors (Lipinski definition) is 4. The zero-order valence-corrected chi connectivity index (χ0v) is 29.3. The summed E-state index contributed by atoms with van der Waals surface area (Å²) in [5, 5.41) is 41.7. The molecule has 4 saturated heterocycles. The summed E-state index contributed by atoms with van der Waals surface area (Å²) in [7, 11) is 0. The van der Waals surface area contributed by atoms with Crippen molar-refractivity contribution in [2.24, 2.45) is 44.8 Å². The van der Waals surface area contributed by atoms with Gasteiger partial charge in [-0.2, -0.15) is 0 Å². The van der Waals surface area contributed by atoms with E-state index in [1.165, 1.54) is 12.5 Å². The van der Waals surface area contributed by atoms with E-state index in [1.807, 2.05) is 6.92 Å². The summed E-state index contributed by atoms with van der Waals surface area (Å²) >= 11 is 0. The van der Waals surface area contributed by atoms with Crippen LogP contribution in [0.15, 0.2) is 11.6 Å². The Balaban J connectivity index is 1.06. The fraction of sp³-hybridized carbons (Fsp3) is 0.919. The Morgan fingerprint density at radius 3 is 2.38 bits per heavy atom. The molecule has 8 fully saturated rings. The first-order valence-electron chi connectivity index (χ1n) is 18.3. The Hall–Kier alpha value is -1.15. The molecule has 48 heavy (non-hydrogen) atoms. The van der Waals surface area contributed by atoms with Crippen LogP contribution in [0.25, 0.3) is 0 Å². The van der Waals surface area contributed by atoms with E-state index >= 15 is 0 Å². The third-order valence-electron chi connectivity index (χ3n) is 16.1. The minimum Gasteiger partial charge on any atom is -0.462 e. The summed E-state index contributed by atoms with van der Waals surface area (Å²) in [4.78, 5) is 12.9. The zero-order chi connectivity index (χ0) is 34.2. The molecule has 0 radical (unpaired) electrons. The molecule has 5 aliphatic carbocycles. The van der Waals surface area contributed by atoms with E-state index < -0.39 is 42.3 Å².